The molecule has 0 atom stereocenters. The van der Waals surface area contributed by atoms with Crippen LogP contribution >= 0.6 is 0 Å². The molecule has 23 rings (SSSR count). The number of nitrogens with two attached hydrogens (primary N) is 5. The van der Waals surface area contributed by atoms with Gasteiger partial charge in [-0.25, -0.2) is 44.6 Å². The maximum atomic E-state index is 12.4. The first-order chi connectivity index (χ1) is 63.4. The first kappa shape index (κ1) is 87.0. The molecule has 0 amide bonds. The van der Waals surface area contributed by atoms with Crippen LogP contribution in [0, 0.1) is 6.92 Å². The second kappa shape index (κ2) is 38.3. The van der Waals surface area contributed by atoms with Crippen molar-refractivity contribution in [2.24, 2.45) is 11.1 Å². The van der Waals surface area contributed by atoms with Crippen molar-refractivity contribution in [3.63, 3.8) is 0 Å². The monoisotopic (exact) mass is 1800 g/mol. The lowest BCUT2D eigenvalue weighted by atomic mass is 10.0. The summed E-state index contributed by atoms with van der Waals surface area (Å²) in [6, 6.07) is 20.7. The number of nitrogens with zero attached hydrogens (tertiary/aromatic N) is 28. The summed E-state index contributed by atoms with van der Waals surface area (Å²) in [6.07, 6.45) is 20.0. The summed E-state index contributed by atoms with van der Waals surface area (Å²) in [4.78, 5) is 63.2. The van der Waals surface area contributed by atoms with E-state index in [9.17, 15) is 13.2 Å². The van der Waals surface area contributed by atoms with Gasteiger partial charge in [-0.1, -0.05) is 22.9 Å². The quantitative estimate of drug-likeness (QED) is 0.0447. The van der Waals surface area contributed by atoms with Crippen LogP contribution in [0.1, 0.15) is 56.9 Å². The number of aryl methyl sites for hydroxylation is 1. The summed E-state index contributed by atoms with van der Waals surface area (Å²) in [7, 11) is -0.880. The van der Waals surface area contributed by atoms with Crippen LogP contribution in [0.4, 0.5) is 23.8 Å². The Labute approximate surface area is 738 Å². The number of benzene rings is 1. The van der Waals surface area contributed by atoms with Crippen LogP contribution in [0.25, 0.3) is 113 Å². The molecule has 6 saturated heterocycles. The van der Waals surface area contributed by atoms with Gasteiger partial charge in [0.25, 0.3) is 10.1 Å². The highest BCUT2D eigenvalue weighted by atomic mass is 32.2. The van der Waals surface area contributed by atoms with Crippen molar-refractivity contribution < 1.29 is 63.7 Å². The van der Waals surface area contributed by atoms with Gasteiger partial charge in [0.05, 0.1) is 148 Å². The van der Waals surface area contributed by atoms with Gasteiger partial charge in [0, 0.05) is 123 Å². The molecule has 0 saturated carbocycles. The molecule has 680 valence electrons. The highest BCUT2D eigenvalue weighted by molar-refractivity contribution is 7.86. The van der Waals surface area contributed by atoms with Crippen molar-refractivity contribution in [1.29, 1.82) is 0 Å². The molecule has 130 heavy (non-hydrogen) atoms. The van der Waals surface area contributed by atoms with Gasteiger partial charge in [-0.3, -0.25) is 8.98 Å². The number of nitrogens with one attached hydrogen (secondary N) is 1. The number of anilines is 4. The van der Waals surface area contributed by atoms with E-state index in [1.54, 1.807) is 105 Å². The van der Waals surface area contributed by atoms with E-state index in [4.69, 9.17) is 68.6 Å². The lowest BCUT2D eigenvalue weighted by Gasteiger charge is -2.37. The normalized spacial score (nSPS) is 16.7. The predicted molar refractivity (Wildman–Crippen MR) is 468 cm³/mol. The van der Waals surface area contributed by atoms with Crippen molar-refractivity contribution in [3.8, 4) is 46.3 Å². The molecular weight excluding hydrogens is 1710 g/mol. The smallest absolute Gasteiger partial charge is 0.297 e. The Balaban J connectivity index is 0.000000111. The molecular formula is C81H96N34O14S. The fraction of sp³-hybridized carbons (Fsp3) is 0.407. The third kappa shape index (κ3) is 18.8. The van der Waals surface area contributed by atoms with Crippen molar-refractivity contribution >= 4 is 112 Å². The number of aromatic nitrogens is 24. The number of likely N-dealkylation sites (tertiary alicyclic amines) is 3. The molecule has 49 heteroatoms. The highest BCUT2D eigenvalue weighted by Gasteiger charge is 2.40. The minimum Gasteiger partial charge on any atom is -0.461 e. The van der Waals surface area contributed by atoms with Crippen LogP contribution in [-0.2, 0) is 73.9 Å². The van der Waals surface area contributed by atoms with Crippen molar-refractivity contribution in [2.45, 2.75) is 101 Å². The van der Waals surface area contributed by atoms with E-state index in [0.29, 0.717) is 148 Å². The van der Waals surface area contributed by atoms with E-state index in [1.165, 1.54) is 48.2 Å². The van der Waals surface area contributed by atoms with Gasteiger partial charge < -0.3 is 89.2 Å². The molecule has 0 unspecified atom stereocenters. The van der Waals surface area contributed by atoms with E-state index in [-0.39, 0.29) is 53.4 Å². The van der Waals surface area contributed by atoms with Gasteiger partial charge in [0.1, 0.15) is 12.9 Å². The largest absolute Gasteiger partial charge is 0.461 e. The minimum atomic E-state index is -3.87. The van der Waals surface area contributed by atoms with Crippen LogP contribution < -0.4 is 34.1 Å². The average Bonchev–Trinajstić information content (AvgIpc) is 1.62. The summed E-state index contributed by atoms with van der Waals surface area (Å²) in [6.45, 7) is 16.9. The molecule has 17 aromatic rings. The Hall–Kier alpha value is -13.7. The molecule has 1 aromatic carbocycles. The van der Waals surface area contributed by atoms with Gasteiger partial charge in [-0.15, -0.1) is 20.4 Å². The lowest BCUT2D eigenvalue weighted by Crippen LogP contribution is -2.45. The van der Waals surface area contributed by atoms with Crippen molar-refractivity contribution in [3.05, 3.63) is 128 Å². The summed E-state index contributed by atoms with van der Waals surface area (Å²) in [5.41, 5.74) is 31.3. The molecule has 0 radical (unpaired) electrons. The number of Topliss-reactive ketones (excluding diaryl/α,β-unsaturated/α-hetero) is 1. The number of ether oxygens (including phenoxy) is 4. The Bertz CT molecular complexity index is 6850. The fourth-order valence-electron chi connectivity index (χ4n) is 16.0. The number of hydrogen-bond donors (Lipinski definition) is 6. The number of furan rings is 4. The van der Waals surface area contributed by atoms with Gasteiger partial charge in [-0.2, -0.15) is 66.8 Å². The maximum Gasteiger partial charge on any atom is 0.297 e. The Morgan fingerprint density at radius 2 is 0.762 bits per heavy atom. The first-order valence-electron chi connectivity index (χ1n) is 42.3. The van der Waals surface area contributed by atoms with E-state index < -0.39 is 10.1 Å². The highest BCUT2D eigenvalue weighted by Crippen LogP contribution is 2.34. The standard InChI is InChI=1S/C19H22N8O3.C19H17N7O4S.C18H21N9O2.C17H18N8O2.C7H13NO2.CH5NO/c20-18-23-16-13(17-22-15(24-27(17)18)14-2-1-9-28-14)12-21-26(16)8-7-25-5-3-19(4-6-25)29-10-11-30-19;1-12-4-6-13(7-5-12)31(27,28)30-10-8-25-17-14(11-21-25)18-22-16(15-3-2-9-29-15)24-26(18)19(20)23-17;1-28-24-12-4-6-25(7-5-12)8-9-26-16-13(11-20-26)17-21-15(14-3-2-10-29-14)23-27(17)18(19)22-16;18-17-21-15-12(16-20-14(22-25(16)17)13-2-1-9-27-13)10-19-24(15)8-7-23-5-3-11(26)4-6-23;1-3-8-4-2-7(1)9-5-6-10-7;1-3-2/h1-2,9,12H,3-8,10-11H2,(H2,20,23);2-7,9,11H,8,10H2,1H3,(H2,20,23);2-3,10-11H,4-9H2,1H3,(H2,19,22);1-2,9-10H,3-8H2,(H2,18,21);8H,1-6H2;2H2,1H3. The molecule has 6 aliphatic rings. The van der Waals surface area contributed by atoms with Crippen LogP contribution in [0.3, 0.4) is 0 Å². The number of oxime groups is 1. The molecule has 48 nitrogen and oxygen atoms in total. The van der Waals surface area contributed by atoms with Gasteiger partial charge >= 0.3 is 0 Å². The first-order valence-corrected chi connectivity index (χ1v) is 43.7. The minimum absolute atomic E-state index is 0.0985. The molecule has 0 bridgehead atoms. The second-order valence-electron chi connectivity index (χ2n) is 31.1. The van der Waals surface area contributed by atoms with E-state index in [1.807, 2.05) is 27.0 Å². The zero-order valence-corrected chi connectivity index (χ0v) is 72.2. The number of carbonyl (C=O) groups excluding carboxylic acids is 1. The number of carbonyl (C=O) groups is 1. The topological polar surface area (TPSA) is 576 Å². The Kier molecular flexibility index (Phi) is 25.6. The SMILES string of the molecule is C1CC2(CCN1)OCCO2.CON.CON=C1CCN(CCn2ncc3c2nc(N)n2nc(-c4ccco4)nc32)CC1.Cc1ccc(S(=O)(=O)OCCn2ncc3c2nc(N)n2nc(-c4ccco4)nc32)cc1.Nc1nc2c(cnn2CCN2CCC(=O)CC2)c2nc(-c3ccco3)nn12.Nc1nc2c(cnn2CCN2CCC3(CC2)OCCO3)c2nc(-c3ccco3)nn12. The van der Waals surface area contributed by atoms with Crippen molar-refractivity contribution in [2.75, 3.05) is 142 Å². The Morgan fingerprint density at radius 1 is 0.431 bits per heavy atom. The molecule has 11 N–H and O–H groups in total. The third-order valence-electron chi connectivity index (χ3n) is 22.8. The number of piperidine rings is 4. The third-order valence-corrected chi connectivity index (χ3v) is 24.1. The number of hydrogen-bond acceptors (Lipinski definition) is 40. The van der Waals surface area contributed by atoms with Gasteiger partial charge in [-0.05, 0) is 67.6 Å². The maximum absolute atomic E-state index is 12.4. The van der Waals surface area contributed by atoms with E-state index >= 15 is 0 Å². The number of rotatable bonds is 19. The zero-order chi connectivity index (χ0) is 89.5. The zero-order valence-electron chi connectivity index (χ0n) is 71.4. The van der Waals surface area contributed by atoms with Crippen LogP contribution in [0.2, 0.25) is 0 Å². The molecule has 2 spiro atoms. The summed E-state index contributed by atoms with van der Waals surface area (Å²) in [5.74, 6) is 9.00. The molecule has 6 fully saturated rings. The predicted octanol–water partition coefficient (Wildman–Crippen LogP) is 5.20. The van der Waals surface area contributed by atoms with E-state index in [0.717, 1.165) is 151 Å². The van der Waals surface area contributed by atoms with Crippen LogP contribution in [0.5, 0.6) is 0 Å². The average molecular weight is 1800 g/mol. The summed E-state index contributed by atoms with van der Waals surface area (Å²) >= 11 is 0. The van der Waals surface area contributed by atoms with Gasteiger partial charge in [0.2, 0.25) is 47.1 Å². The fourth-order valence-corrected chi connectivity index (χ4v) is 16.9. The number of fused-ring (bicyclic) bond motifs is 12. The number of nitrogen functional groups attached to an aromatic ring is 4. The molecule has 16 aromatic heterocycles. The van der Waals surface area contributed by atoms with Gasteiger partial charge in [0.15, 0.2) is 79.8 Å². The lowest BCUT2D eigenvalue weighted by molar-refractivity contribution is -0.185. The van der Waals surface area contributed by atoms with Crippen LogP contribution in [0.15, 0.2) is 150 Å². The molecule has 6 aliphatic heterocycles. The van der Waals surface area contributed by atoms with Crippen molar-refractivity contribution in [1.82, 2.24) is 137 Å². The summed E-state index contributed by atoms with van der Waals surface area (Å²) in [5, 5.41) is 45.7. The summed E-state index contributed by atoms with van der Waals surface area (Å²) < 4.78 is 87.1. The van der Waals surface area contributed by atoms with Crippen LogP contribution in [-0.4, -0.2) is 283 Å². The molecule has 22 heterocycles. The van der Waals surface area contributed by atoms with E-state index in [2.05, 4.69) is 117 Å². The second-order valence-corrected chi connectivity index (χ2v) is 32.7. The number of ketones is 1. The Morgan fingerprint density at radius 3 is 1.10 bits per heavy atom. The molecule has 0 aliphatic carbocycles.